The van der Waals surface area contributed by atoms with Gasteiger partial charge in [-0.1, -0.05) is 18.2 Å². The number of hydrogen-bond acceptors (Lipinski definition) is 7. The van der Waals surface area contributed by atoms with E-state index in [9.17, 15) is 22.8 Å². The number of rotatable bonds is 7. The molecular weight excluding hydrogens is 388 g/mol. The molecule has 0 saturated carbocycles. The standard InChI is InChI=1S/C18H14N2O7S/c1-28(24,25)20(11-22)15-8-16-13(18(23)14(9-26-16)19-10-21)7-17(15)27-12-5-3-2-4-6-12/h2-11H,1H3,(H,19,21). The number of amides is 2. The van der Waals surface area contributed by atoms with Gasteiger partial charge in [0, 0.05) is 6.07 Å². The second-order valence-corrected chi connectivity index (χ2v) is 7.50. The van der Waals surface area contributed by atoms with E-state index in [-0.39, 0.29) is 34.5 Å². The van der Waals surface area contributed by atoms with Crippen LogP contribution < -0.4 is 19.8 Å². The summed E-state index contributed by atoms with van der Waals surface area (Å²) in [5.74, 6) is 0.292. The van der Waals surface area contributed by atoms with Gasteiger partial charge in [-0.15, -0.1) is 0 Å². The lowest BCUT2D eigenvalue weighted by Gasteiger charge is -2.19. The van der Waals surface area contributed by atoms with Crippen LogP contribution in [0.4, 0.5) is 11.4 Å². The van der Waals surface area contributed by atoms with Crippen molar-refractivity contribution >= 4 is 45.2 Å². The highest BCUT2D eigenvalue weighted by Gasteiger charge is 2.23. The smallest absolute Gasteiger partial charge is 0.238 e. The maximum Gasteiger partial charge on any atom is 0.238 e. The molecule has 9 nitrogen and oxygen atoms in total. The fourth-order valence-electron chi connectivity index (χ4n) is 2.49. The predicted octanol–water partition coefficient (Wildman–Crippen LogP) is 2.08. The molecule has 10 heteroatoms. The van der Waals surface area contributed by atoms with Crippen LogP contribution in [-0.2, 0) is 19.6 Å². The van der Waals surface area contributed by atoms with Gasteiger partial charge in [-0.05, 0) is 18.2 Å². The average Bonchev–Trinajstić information content (AvgIpc) is 2.65. The summed E-state index contributed by atoms with van der Waals surface area (Å²) in [6.07, 6.45) is 2.32. The van der Waals surface area contributed by atoms with Gasteiger partial charge in [-0.2, -0.15) is 0 Å². The Balaban J connectivity index is 2.28. The summed E-state index contributed by atoms with van der Waals surface area (Å²) in [6, 6.07) is 10.8. The molecule has 1 heterocycles. The normalized spacial score (nSPS) is 11.0. The number of para-hydroxylation sites is 1. The first kappa shape index (κ1) is 19.1. The van der Waals surface area contributed by atoms with Gasteiger partial charge in [0.15, 0.2) is 5.75 Å². The van der Waals surface area contributed by atoms with E-state index in [0.29, 0.717) is 16.5 Å². The highest BCUT2D eigenvalue weighted by molar-refractivity contribution is 7.92. The van der Waals surface area contributed by atoms with Gasteiger partial charge in [-0.3, -0.25) is 14.4 Å². The Hall–Kier alpha value is -3.66. The number of nitrogens with one attached hydrogen (secondary N) is 1. The number of ether oxygens (including phenoxy) is 1. The molecule has 0 radical (unpaired) electrons. The number of carbonyl (C=O) groups excluding carboxylic acids is 2. The third-order valence-electron chi connectivity index (χ3n) is 3.73. The molecular formula is C18H14N2O7S. The van der Waals surface area contributed by atoms with Crippen LogP contribution in [0.15, 0.2) is 57.9 Å². The molecule has 0 aliphatic rings. The van der Waals surface area contributed by atoms with Crippen molar-refractivity contribution in [2.24, 2.45) is 0 Å². The van der Waals surface area contributed by atoms with Crippen LogP contribution in [-0.4, -0.2) is 27.5 Å². The molecule has 28 heavy (non-hydrogen) atoms. The predicted molar refractivity (Wildman–Crippen MR) is 102 cm³/mol. The van der Waals surface area contributed by atoms with Crippen molar-refractivity contribution in [1.29, 1.82) is 0 Å². The lowest BCUT2D eigenvalue weighted by molar-refractivity contribution is -0.106. The molecule has 1 N–H and O–H groups in total. The fourth-order valence-corrected chi connectivity index (χ4v) is 3.15. The number of anilines is 2. The molecule has 144 valence electrons. The second-order valence-electron chi connectivity index (χ2n) is 5.64. The number of benzene rings is 2. The number of hydrogen-bond donors (Lipinski definition) is 1. The Kier molecular flexibility index (Phi) is 5.14. The van der Waals surface area contributed by atoms with Crippen LogP contribution in [0.5, 0.6) is 11.5 Å². The van der Waals surface area contributed by atoms with Gasteiger partial charge < -0.3 is 14.5 Å². The molecule has 0 spiro atoms. The monoisotopic (exact) mass is 402 g/mol. The summed E-state index contributed by atoms with van der Waals surface area (Å²) in [4.78, 5) is 34.6. The van der Waals surface area contributed by atoms with E-state index in [0.717, 1.165) is 12.5 Å². The Morgan fingerprint density at radius 2 is 1.86 bits per heavy atom. The van der Waals surface area contributed by atoms with Crippen molar-refractivity contribution in [3.63, 3.8) is 0 Å². The molecule has 0 unspecified atom stereocenters. The van der Waals surface area contributed by atoms with Crippen molar-refractivity contribution in [1.82, 2.24) is 0 Å². The molecule has 0 aliphatic heterocycles. The van der Waals surface area contributed by atoms with E-state index < -0.39 is 15.5 Å². The van der Waals surface area contributed by atoms with Gasteiger partial charge in [0.1, 0.15) is 29.0 Å². The molecule has 0 saturated heterocycles. The number of nitrogens with zero attached hydrogens (tertiary/aromatic N) is 1. The first-order valence-electron chi connectivity index (χ1n) is 7.82. The Morgan fingerprint density at radius 3 is 2.46 bits per heavy atom. The topological polar surface area (TPSA) is 123 Å². The third kappa shape index (κ3) is 3.71. The van der Waals surface area contributed by atoms with E-state index >= 15 is 0 Å². The van der Waals surface area contributed by atoms with Crippen LogP contribution in [0.2, 0.25) is 0 Å². The zero-order chi connectivity index (χ0) is 20.3. The zero-order valence-corrected chi connectivity index (χ0v) is 15.3. The van der Waals surface area contributed by atoms with Gasteiger partial charge in [0.2, 0.25) is 28.3 Å². The maximum absolute atomic E-state index is 12.5. The van der Waals surface area contributed by atoms with Gasteiger partial charge in [0.25, 0.3) is 0 Å². The number of fused-ring (bicyclic) bond motifs is 1. The minimum atomic E-state index is -3.97. The van der Waals surface area contributed by atoms with E-state index in [1.54, 1.807) is 30.3 Å². The first-order valence-corrected chi connectivity index (χ1v) is 9.67. The number of carbonyl (C=O) groups is 2. The summed E-state index contributed by atoms with van der Waals surface area (Å²) in [5.41, 5.74) is -0.786. The molecule has 3 aromatic rings. The van der Waals surface area contributed by atoms with Gasteiger partial charge in [-0.25, -0.2) is 12.7 Å². The lowest BCUT2D eigenvalue weighted by atomic mass is 10.2. The minimum absolute atomic E-state index is 0.00682. The maximum atomic E-state index is 12.5. The largest absolute Gasteiger partial charge is 0.462 e. The van der Waals surface area contributed by atoms with Crippen molar-refractivity contribution in [3.05, 3.63) is 59.0 Å². The minimum Gasteiger partial charge on any atom is -0.462 e. The highest BCUT2D eigenvalue weighted by Crippen LogP contribution is 2.36. The van der Waals surface area contributed by atoms with E-state index in [4.69, 9.17) is 9.15 Å². The summed E-state index contributed by atoms with van der Waals surface area (Å²) in [7, 11) is -3.97. The van der Waals surface area contributed by atoms with Gasteiger partial charge in [0.05, 0.1) is 11.6 Å². The van der Waals surface area contributed by atoms with Crippen LogP contribution in [0.3, 0.4) is 0 Å². The van der Waals surface area contributed by atoms with Crippen LogP contribution in [0, 0.1) is 0 Å². The molecule has 0 fully saturated rings. The third-order valence-corrected chi connectivity index (χ3v) is 4.73. The summed E-state index contributed by atoms with van der Waals surface area (Å²) >= 11 is 0. The highest BCUT2D eigenvalue weighted by atomic mass is 32.2. The quantitative estimate of drug-likeness (QED) is 0.600. The average molecular weight is 402 g/mol. The van der Waals surface area contributed by atoms with Crippen molar-refractivity contribution in [3.8, 4) is 11.5 Å². The zero-order valence-electron chi connectivity index (χ0n) is 14.5. The molecule has 0 atom stereocenters. The SMILES string of the molecule is CS(=O)(=O)N(C=O)c1cc2occ(NC=O)c(=O)c2cc1Oc1ccccc1. The van der Waals surface area contributed by atoms with Gasteiger partial charge >= 0.3 is 0 Å². The van der Waals surface area contributed by atoms with Crippen molar-refractivity contribution in [2.75, 3.05) is 15.9 Å². The molecule has 0 bridgehead atoms. The molecule has 2 amide bonds. The first-order chi connectivity index (χ1) is 13.3. The molecule has 2 aromatic carbocycles. The molecule has 0 aliphatic carbocycles. The Morgan fingerprint density at radius 1 is 1.14 bits per heavy atom. The van der Waals surface area contributed by atoms with Crippen LogP contribution >= 0.6 is 0 Å². The number of sulfonamides is 1. The second kappa shape index (κ2) is 7.53. The van der Waals surface area contributed by atoms with Crippen LogP contribution in [0.25, 0.3) is 11.0 Å². The lowest BCUT2D eigenvalue weighted by Crippen LogP contribution is -2.28. The van der Waals surface area contributed by atoms with Crippen LogP contribution in [0.1, 0.15) is 0 Å². The van der Waals surface area contributed by atoms with E-state index in [1.165, 1.54) is 12.1 Å². The Labute approximate surface area is 159 Å². The van der Waals surface area contributed by atoms with Crippen molar-refractivity contribution in [2.45, 2.75) is 0 Å². The van der Waals surface area contributed by atoms with E-state index in [2.05, 4.69) is 5.32 Å². The molecule has 1 aromatic heterocycles. The summed E-state index contributed by atoms with van der Waals surface area (Å²) < 4.78 is 35.5. The Bertz CT molecular complexity index is 1200. The van der Waals surface area contributed by atoms with Crippen molar-refractivity contribution < 1.29 is 27.2 Å². The fraction of sp³-hybridized carbons (Fsp3) is 0.0556. The van der Waals surface area contributed by atoms with E-state index in [1.807, 2.05) is 0 Å². The summed E-state index contributed by atoms with van der Waals surface area (Å²) in [5, 5.41) is 2.25. The molecule has 3 rings (SSSR count). The summed E-state index contributed by atoms with van der Waals surface area (Å²) in [6.45, 7) is 0.